The fourth-order valence-corrected chi connectivity index (χ4v) is 3.95. The van der Waals surface area contributed by atoms with Crippen LogP contribution in [0.5, 0.6) is 0 Å². The van der Waals surface area contributed by atoms with E-state index in [1.54, 1.807) is 18.1 Å². The van der Waals surface area contributed by atoms with Crippen LogP contribution in [0.25, 0.3) is 0 Å². The highest BCUT2D eigenvalue weighted by atomic mass is 32.2. The minimum Gasteiger partial charge on any atom is -0.364 e. The summed E-state index contributed by atoms with van der Waals surface area (Å²) in [6.07, 6.45) is 3.09. The van der Waals surface area contributed by atoms with Crippen molar-refractivity contribution in [1.82, 2.24) is 9.55 Å². The zero-order chi connectivity index (χ0) is 18.2. The minimum absolute atomic E-state index is 0.0435. The molecule has 0 radical (unpaired) electrons. The first kappa shape index (κ1) is 17.1. The van der Waals surface area contributed by atoms with Gasteiger partial charge < -0.3 is 9.47 Å². The number of sulfone groups is 1. The van der Waals surface area contributed by atoms with Crippen LogP contribution in [0, 0.1) is 10.1 Å². The van der Waals surface area contributed by atoms with E-state index in [9.17, 15) is 23.3 Å². The summed E-state index contributed by atoms with van der Waals surface area (Å²) in [5.41, 5.74) is 0.255. The number of benzene rings is 1. The molecule has 0 bridgehead atoms. The van der Waals surface area contributed by atoms with Gasteiger partial charge in [0, 0.05) is 44.2 Å². The van der Waals surface area contributed by atoms with Crippen LogP contribution < -0.4 is 4.90 Å². The Balaban J connectivity index is 1.95. The highest BCUT2D eigenvalue weighted by Gasteiger charge is 2.28. The smallest absolute Gasteiger partial charge is 0.293 e. The Bertz CT molecular complexity index is 937. The number of rotatable bonds is 4. The van der Waals surface area contributed by atoms with Crippen molar-refractivity contribution < 1.29 is 18.1 Å². The molecule has 0 aliphatic carbocycles. The van der Waals surface area contributed by atoms with Crippen molar-refractivity contribution in [2.75, 3.05) is 29.5 Å². The number of hydrogen-bond acceptors (Lipinski definition) is 7. The normalized spacial score (nSPS) is 16.6. The molecule has 2 heterocycles. The Morgan fingerprint density at radius 2 is 1.96 bits per heavy atom. The molecule has 0 spiro atoms. The standard InChI is InChI=1S/C15H16N4O5S/c1-17-5-4-16-15(17)14(20)11-2-3-12(13(10-11)19(21)22)18-6-8-25(23,24)9-7-18/h2-5,10H,6-9H2,1H3. The largest absolute Gasteiger partial charge is 0.364 e. The lowest BCUT2D eigenvalue weighted by Gasteiger charge is -2.28. The molecule has 1 aliphatic rings. The summed E-state index contributed by atoms with van der Waals surface area (Å²) in [6.45, 7) is 0.381. The van der Waals surface area contributed by atoms with Gasteiger partial charge in [-0.3, -0.25) is 14.9 Å². The first-order valence-electron chi connectivity index (χ1n) is 7.54. The highest BCUT2D eigenvalue weighted by Crippen LogP contribution is 2.31. The molecule has 1 fully saturated rings. The minimum atomic E-state index is -3.09. The SMILES string of the molecule is Cn1ccnc1C(=O)c1ccc(N2CCS(=O)(=O)CC2)c([N+](=O)[O-])c1. The Morgan fingerprint density at radius 1 is 1.28 bits per heavy atom. The number of hydrogen-bond donors (Lipinski definition) is 0. The van der Waals surface area contributed by atoms with Gasteiger partial charge in [-0.05, 0) is 12.1 Å². The number of aromatic nitrogens is 2. The zero-order valence-corrected chi connectivity index (χ0v) is 14.3. The second-order valence-corrected chi connectivity index (χ2v) is 8.09. The maximum Gasteiger partial charge on any atom is 0.293 e. The molecule has 10 heteroatoms. The number of aryl methyl sites for hydroxylation is 1. The summed E-state index contributed by atoms with van der Waals surface area (Å²) >= 11 is 0. The monoisotopic (exact) mass is 364 g/mol. The molecule has 1 aromatic heterocycles. The third-order valence-electron chi connectivity index (χ3n) is 4.14. The van der Waals surface area contributed by atoms with E-state index in [4.69, 9.17) is 0 Å². The average molecular weight is 364 g/mol. The molecule has 0 atom stereocenters. The van der Waals surface area contributed by atoms with Crippen molar-refractivity contribution in [2.24, 2.45) is 7.05 Å². The van der Waals surface area contributed by atoms with E-state index in [-0.39, 0.29) is 41.7 Å². The predicted molar refractivity (Wildman–Crippen MR) is 90.6 cm³/mol. The number of nitro groups is 1. The first-order chi connectivity index (χ1) is 11.8. The van der Waals surface area contributed by atoms with Gasteiger partial charge in [-0.25, -0.2) is 13.4 Å². The van der Waals surface area contributed by atoms with Crippen molar-refractivity contribution in [3.8, 4) is 0 Å². The Morgan fingerprint density at radius 3 is 2.52 bits per heavy atom. The lowest BCUT2D eigenvalue weighted by molar-refractivity contribution is -0.384. The summed E-state index contributed by atoms with van der Waals surface area (Å²) in [4.78, 5) is 29.0. The van der Waals surface area contributed by atoms with E-state index < -0.39 is 20.5 Å². The van der Waals surface area contributed by atoms with Crippen LogP contribution in [0.1, 0.15) is 16.2 Å². The number of imidazole rings is 1. The van der Waals surface area contributed by atoms with Gasteiger partial charge in [0.05, 0.1) is 16.4 Å². The lowest BCUT2D eigenvalue weighted by atomic mass is 10.1. The second kappa shape index (κ2) is 6.28. The molecule has 3 rings (SSSR count). The zero-order valence-electron chi connectivity index (χ0n) is 13.5. The van der Waals surface area contributed by atoms with E-state index in [0.717, 1.165) is 0 Å². The van der Waals surface area contributed by atoms with Crippen molar-refractivity contribution in [3.05, 3.63) is 52.1 Å². The molecule has 1 aliphatic heterocycles. The van der Waals surface area contributed by atoms with Gasteiger partial charge in [0.1, 0.15) is 5.69 Å². The molecule has 1 saturated heterocycles. The second-order valence-electron chi connectivity index (χ2n) is 5.79. The van der Waals surface area contributed by atoms with Crippen LogP contribution in [-0.4, -0.2) is 53.3 Å². The van der Waals surface area contributed by atoms with Crippen LogP contribution >= 0.6 is 0 Å². The summed E-state index contributed by atoms with van der Waals surface area (Å²) in [5.74, 6) is -0.314. The lowest BCUT2D eigenvalue weighted by Crippen LogP contribution is -2.40. The first-order valence-corrected chi connectivity index (χ1v) is 9.36. The summed E-state index contributed by atoms with van der Waals surface area (Å²) in [6, 6.07) is 4.21. The molecular formula is C15H16N4O5S. The fraction of sp³-hybridized carbons (Fsp3) is 0.333. The Kier molecular flexibility index (Phi) is 4.29. The molecule has 0 N–H and O–H groups in total. The number of nitro benzene ring substituents is 1. The number of nitrogens with zero attached hydrogens (tertiary/aromatic N) is 4. The number of carbonyl (C=O) groups is 1. The molecule has 132 valence electrons. The van der Waals surface area contributed by atoms with Crippen molar-refractivity contribution >= 4 is 27.0 Å². The topological polar surface area (TPSA) is 115 Å². The average Bonchev–Trinajstić information content (AvgIpc) is 3.00. The van der Waals surface area contributed by atoms with Crippen LogP contribution in [0.2, 0.25) is 0 Å². The van der Waals surface area contributed by atoms with Crippen molar-refractivity contribution in [3.63, 3.8) is 0 Å². The molecule has 0 saturated carbocycles. The summed E-state index contributed by atoms with van der Waals surface area (Å²) in [7, 11) is -1.43. The molecule has 0 unspecified atom stereocenters. The molecule has 9 nitrogen and oxygen atoms in total. The number of carbonyl (C=O) groups excluding carboxylic acids is 1. The van der Waals surface area contributed by atoms with E-state index in [1.165, 1.54) is 29.0 Å². The van der Waals surface area contributed by atoms with E-state index in [1.807, 2.05) is 0 Å². The number of anilines is 1. The van der Waals surface area contributed by atoms with Crippen molar-refractivity contribution in [1.29, 1.82) is 0 Å². The van der Waals surface area contributed by atoms with Crippen LogP contribution in [0.4, 0.5) is 11.4 Å². The third kappa shape index (κ3) is 3.38. The maximum atomic E-state index is 12.5. The van der Waals surface area contributed by atoms with E-state index >= 15 is 0 Å². The van der Waals surface area contributed by atoms with Gasteiger partial charge in [-0.1, -0.05) is 0 Å². The maximum absolute atomic E-state index is 12.5. The van der Waals surface area contributed by atoms with Crippen LogP contribution in [0.15, 0.2) is 30.6 Å². The van der Waals surface area contributed by atoms with Gasteiger partial charge >= 0.3 is 0 Å². The fourth-order valence-electron chi connectivity index (χ4n) is 2.75. The predicted octanol–water partition coefficient (Wildman–Crippen LogP) is 0.794. The van der Waals surface area contributed by atoms with E-state index in [2.05, 4.69) is 4.98 Å². The van der Waals surface area contributed by atoms with Crippen LogP contribution in [0.3, 0.4) is 0 Å². The summed E-state index contributed by atoms with van der Waals surface area (Å²) in [5, 5.41) is 11.4. The molecule has 0 amide bonds. The van der Waals surface area contributed by atoms with Gasteiger partial charge in [0.25, 0.3) is 5.69 Å². The van der Waals surface area contributed by atoms with Crippen LogP contribution in [-0.2, 0) is 16.9 Å². The Hall–Kier alpha value is -2.75. The van der Waals surface area contributed by atoms with Gasteiger partial charge in [0.15, 0.2) is 15.7 Å². The molecule has 25 heavy (non-hydrogen) atoms. The third-order valence-corrected chi connectivity index (χ3v) is 5.75. The van der Waals surface area contributed by atoms with Crippen molar-refractivity contribution in [2.45, 2.75) is 0 Å². The highest BCUT2D eigenvalue weighted by molar-refractivity contribution is 7.91. The molecule has 1 aromatic carbocycles. The Labute approximate surface area is 144 Å². The summed E-state index contributed by atoms with van der Waals surface area (Å²) < 4.78 is 24.6. The van der Waals surface area contributed by atoms with E-state index in [0.29, 0.717) is 5.69 Å². The quantitative estimate of drug-likeness (QED) is 0.447. The van der Waals surface area contributed by atoms with Gasteiger partial charge in [-0.2, -0.15) is 0 Å². The van der Waals surface area contributed by atoms with Gasteiger partial charge in [0.2, 0.25) is 5.78 Å². The molecular weight excluding hydrogens is 348 g/mol. The van der Waals surface area contributed by atoms with Gasteiger partial charge in [-0.15, -0.1) is 0 Å². The molecule has 2 aromatic rings. The number of ketones is 1.